The number of aryl methyl sites for hydroxylation is 1. The third-order valence-corrected chi connectivity index (χ3v) is 1.91. The van der Waals surface area contributed by atoms with Gasteiger partial charge in [0.15, 0.2) is 11.6 Å². The molecule has 1 aliphatic rings. The summed E-state index contributed by atoms with van der Waals surface area (Å²) in [6.07, 6.45) is 3.30. The molecule has 2 heterocycles. The summed E-state index contributed by atoms with van der Waals surface area (Å²) in [6, 6.07) is 1.73. The van der Waals surface area contributed by atoms with Gasteiger partial charge in [0, 0.05) is 12.3 Å². The van der Waals surface area contributed by atoms with Gasteiger partial charge in [-0.15, -0.1) is 0 Å². The number of hydrogen-bond donors (Lipinski definition) is 3. The molecule has 1 aromatic rings. The van der Waals surface area contributed by atoms with E-state index < -0.39 is 5.66 Å². The number of aliphatic imine (C=N–C) groups is 1. The SMILES string of the molecule is Cc1cc(C2(N)C=CNC(N)=N2)no1. The number of hydrogen-bond acceptors (Lipinski definition) is 6. The van der Waals surface area contributed by atoms with E-state index in [-0.39, 0.29) is 5.96 Å². The maximum Gasteiger partial charge on any atom is 0.195 e. The predicted octanol–water partition coefficient (Wildman–Crippen LogP) is -0.474. The van der Waals surface area contributed by atoms with Gasteiger partial charge in [0.1, 0.15) is 11.5 Å². The third kappa shape index (κ3) is 1.35. The van der Waals surface area contributed by atoms with E-state index in [9.17, 15) is 0 Å². The van der Waals surface area contributed by atoms with Crippen molar-refractivity contribution in [2.24, 2.45) is 16.5 Å². The van der Waals surface area contributed by atoms with Crippen LogP contribution in [0.25, 0.3) is 0 Å². The van der Waals surface area contributed by atoms with E-state index in [1.807, 2.05) is 0 Å². The van der Waals surface area contributed by atoms with E-state index in [0.29, 0.717) is 11.5 Å². The summed E-state index contributed by atoms with van der Waals surface area (Å²) in [6.45, 7) is 1.79. The molecule has 1 atom stereocenters. The molecule has 5 N–H and O–H groups in total. The number of aromatic nitrogens is 1. The zero-order valence-corrected chi connectivity index (χ0v) is 7.69. The number of nitrogens with zero attached hydrogens (tertiary/aromatic N) is 2. The zero-order valence-electron chi connectivity index (χ0n) is 7.69. The van der Waals surface area contributed by atoms with E-state index >= 15 is 0 Å². The van der Waals surface area contributed by atoms with Crippen LogP contribution < -0.4 is 16.8 Å². The molecule has 6 heteroatoms. The van der Waals surface area contributed by atoms with E-state index in [1.54, 1.807) is 25.3 Å². The van der Waals surface area contributed by atoms with E-state index in [0.717, 1.165) is 0 Å². The van der Waals surface area contributed by atoms with Crippen LogP contribution in [-0.2, 0) is 5.66 Å². The molecule has 74 valence electrons. The molecule has 1 aliphatic heterocycles. The van der Waals surface area contributed by atoms with Gasteiger partial charge in [0.05, 0.1) is 0 Å². The molecular formula is C8H11N5O. The molecule has 2 rings (SSSR count). The van der Waals surface area contributed by atoms with Gasteiger partial charge in [-0.25, -0.2) is 4.99 Å². The Bertz CT molecular complexity index is 408. The van der Waals surface area contributed by atoms with Gasteiger partial charge in [0.25, 0.3) is 0 Å². The number of nitrogens with two attached hydrogens (primary N) is 2. The van der Waals surface area contributed by atoms with Gasteiger partial charge in [0.2, 0.25) is 0 Å². The Morgan fingerprint density at radius 2 is 2.36 bits per heavy atom. The monoisotopic (exact) mass is 193 g/mol. The highest BCUT2D eigenvalue weighted by Crippen LogP contribution is 2.22. The second-order valence-corrected chi connectivity index (χ2v) is 3.12. The molecule has 0 spiro atoms. The molecule has 0 bridgehead atoms. The minimum Gasteiger partial charge on any atom is -0.370 e. The predicted molar refractivity (Wildman–Crippen MR) is 51.0 cm³/mol. The lowest BCUT2D eigenvalue weighted by atomic mass is 10.1. The first kappa shape index (κ1) is 8.76. The van der Waals surface area contributed by atoms with Crippen molar-refractivity contribution in [2.45, 2.75) is 12.6 Å². The molecule has 0 aliphatic carbocycles. The summed E-state index contributed by atoms with van der Waals surface area (Å²) in [5.41, 5.74) is 11.0. The molecule has 1 unspecified atom stereocenters. The quantitative estimate of drug-likeness (QED) is 0.559. The molecule has 0 radical (unpaired) electrons. The topological polar surface area (TPSA) is 102 Å². The molecule has 1 aromatic heterocycles. The van der Waals surface area contributed by atoms with Crippen LogP contribution in [0.1, 0.15) is 11.5 Å². The van der Waals surface area contributed by atoms with E-state index in [1.165, 1.54) is 0 Å². The first-order valence-electron chi connectivity index (χ1n) is 4.12. The van der Waals surface area contributed by atoms with Gasteiger partial charge < -0.3 is 15.6 Å². The lowest BCUT2D eigenvalue weighted by Gasteiger charge is -2.22. The van der Waals surface area contributed by atoms with Crippen LogP contribution in [0.4, 0.5) is 0 Å². The van der Waals surface area contributed by atoms with Crippen molar-refractivity contribution in [3.63, 3.8) is 0 Å². The van der Waals surface area contributed by atoms with Gasteiger partial charge >= 0.3 is 0 Å². The summed E-state index contributed by atoms with van der Waals surface area (Å²) in [5, 5.41) is 6.53. The fourth-order valence-electron chi connectivity index (χ4n) is 1.22. The first-order chi connectivity index (χ1) is 6.60. The van der Waals surface area contributed by atoms with E-state index in [2.05, 4.69) is 15.5 Å². The molecule has 0 saturated heterocycles. The van der Waals surface area contributed by atoms with Crippen molar-refractivity contribution in [1.29, 1.82) is 0 Å². The second-order valence-electron chi connectivity index (χ2n) is 3.12. The van der Waals surface area contributed by atoms with Gasteiger partial charge in [-0.2, -0.15) is 0 Å². The normalized spacial score (nSPS) is 25.7. The highest BCUT2D eigenvalue weighted by Gasteiger charge is 2.29. The van der Waals surface area contributed by atoms with Gasteiger partial charge in [-0.1, -0.05) is 5.16 Å². The number of nitrogens with one attached hydrogen (secondary N) is 1. The smallest absolute Gasteiger partial charge is 0.195 e. The Balaban J connectivity index is 2.41. The molecule has 14 heavy (non-hydrogen) atoms. The summed E-state index contributed by atoms with van der Waals surface area (Å²) < 4.78 is 4.92. The summed E-state index contributed by atoms with van der Waals surface area (Å²) in [4.78, 5) is 4.05. The second kappa shape index (κ2) is 2.85. The zero-order chi connectivity index (χ0) is 10.2. The fraction of sp³-hybridized carbons (Fsp3) is 0.250. The lowest BCUT2D eigenvalue weighted by molar-refractivity contribution is 0.376. The van der Waals surface area contributed by atoms with Gasteiger partial charge in [-0.05, 0) is 13.0 Å². The average molecular weight is 193 g/mol. The van der Waals surface area contributed by atoms with Crippen LogP contribution in [0, 0.1) is 6.92 Å². The number of rotatable bonds is 1. The minimum absolute atomic E-state index is 0.260. The average Bonchev–Trinajstić information content (AvgIpc) is 2.52. The Kier molecular flexibility index (Phi) is 1.78. The largest absolute Gasteiger partial charge is 0.370 e. The third-order valence-electron chi connectivity index (χ3n) is 1.91. The Morgan fingerprint density at radius 3 is 2.93 bits per heavy atom. The molecule has 0 fully saturated rings. The van der Waals surface area contributed by atoms with Crippen molar-refractivity contribution < 1.29 is 4.52 Å². The first-order valence-corrected chi connectivity index (χ1v) is 4.12. The van der Waals surface area contributed by atoms with Crippen molar-refractivity contribution in [3.8, 4) is 0 Å². The molecule has 0 saturated carbocycles. The van der Waals surface area contributed by atoms with Crippen molar-refractivity contribution in [2.75, 3.05) is 0 Å². The van der Waals surface area contributed by atoms with Crippen LogP contribution in [0.2, 0.25) is 0 Å². The van der Waals surface area contributed by atoms with Crippen LogP contribution in [0.15, 0.2) is 27.9 Å². The van der Waals surface area contributed by atoms with Crippen LogP contribution in [-0.4, -0.2) is 11.1 Å². The summed E-state index contributed by atoms with van der Waals surface area (Å²) in [7, 11) is 0. The summed E-state index contributed by atoms with van der Waals surface area (Å²) in [5.74, 6) is 0.946. The maximum absolute atomic E-state index is 5.97. The highest BCUT2D eigenvalue weighted by atomic mass is 16.5. The van der Waals surface area contributed by atoms with Gasteiger partial charge in [-0.3, -0.25) is 5.73 Å². The molecule has 0 aromatic carbocycles. The molecule has 6 nitrogen and oxygen atoms in total. The highest BCUT2D eigenvalue weighted by molar-refractivity contribution is 5.80. The van der Waals surface area contributed by atoms with Crippen molar-refractivity contribution in [1.82, 2.24) is 10.5 Å². The van der Waals surface area contributed by atoms with Crippen LogP contribution in [0.5, 0.6) is 0 Å². The summed E-state index contributed by atoms with van der Waals surface area (Å²) >= 11 is 0. The minimum atomic E-state index is -1.02. The van der Waals surface area contributed by atoms with E-state index in [4.69, 9.17) is 16.0 Å². The Morgan fingerprint density at radius 1 is 1.57 bits per heavy atom. The standard InChI is InChI=1S/C8H11N5O/c1-5-4-6(13-14-5)8(10)2-3-11-7(9)12-8/h2-4H,10H2,1H3,(H3,9,11,12). The maximum atomic E-state index is 5.97. The fourth-order valence-corrected chi connectivity index (χ4v) is 1.22. The lowest BCUT2D eigenvalue weighted by Crippen LogP contribution is -2.42. The van der Waals surface area contributed by atoms with Crippen LogP contribution >= 0.6 is 0 Å². The Labute approximate surface area is 80.7 Å². The van der Waals surface area contributed by atoms with Crippen LogP contribution in [0.3, 0.4) is 0 Å². The van der Waals surface area contributed by atoms with Crippen molar-refractivity contribution in [3.05, 3.63) is 29.8 Å². The Hall–Kier alpha value is -1.82. The van der Waals surface area contributed by atoms with Crippen molar-refractivity contribution >= 4 is 5.96 Å². The molecule has 0 amide bonds. The number of guanidine groups is 1. The molecular weight excluding hydrogens is 182 g/mol.